The molecule has 0 saturated heterocycles. The van der Waals surface area contributed by atoms with Crippen LogP contribution in [0.5, 0.6) is 0 Å². The molecule has 1 heterocycles. The number of hydrogen-bond donors (Lipinski definition) is 2. The molecule has 1 amide bonds. The van der Waals surface area contributed by atoms with Crippen LogP contribution in [0, 0.1) is 0 Å². The largest absolute Gasteiger partial charge is 0.388 e. The molecule has 5 heteroatoms. The van der Waals surface area contributed by atoms with Crippen molar-refractivity contribution >= 4 is 28.3 Å². The predicted molar refractivity (Wildman–Crippen MR) is 82.5 cm³/mol. The van der Waals surface area contributed by atoms with E-state index in [1.54, 1.807) is 0 Å². The molecule has 1 aromatic carbocycles. The van der Waals surface area contributed by atoms with E-state index in [2.05, 4.69) is 10.3 Å². The topological polar surface area (TPSA) is 62.2 Å². The lowest BCUT2D eigenvalue weighted by Gasteiger charge is -2.22. The van der Waals surface area contributed by atoms with Gasteiger partial charge in [0.15, 0.2) is 0 Å². The molecule has 2 aromatic rings. The molecule has 1 saturated carbocycles. The van der Waals surface area contributed by atoms with Crippen molar-refractivity contribution < 1.29 is 9.90 Å². The summed E-state index contributed by atoms with van der Waals surface area (Å²) in [4.78, 5) is 16.4. The van der Waals surface area contributed by atoms with E-state index in [0.29, 0.717) is 10.7 Å². The monoisotopic (exact) mass is 304 g/mol. The number of nitrogens with one attached hydrogen (secondary N) is 1. The Morgan fingerprint density at radius 3 is 2.67 bits per heavy atom. The second-order valence-electron chi connectivity index (χ2n) is 5.62. The standard InChI is InChI=1S/C16H17ClN2O2/c17-14-12-6-2-1-5-11(12)13(9-18-14)15(20)19-10-16(21)7-3-4-8-16/h1-2,5-6,9,21H,3-4,7-8,10H2,(H,19,20). The molecule has 1 fully saturated rings. The number of aromatic nitrogens is 1. The number of amides is 1. The summed E-state index contributed by atoms with van der Waals surface area (Å²) in [6.45, 7) is 0.281. The first-order valence-electron chi connectivity index (χ1n) is 7.13. The number of rotatable bonds is 3. The Bertz CT molecular complexity index is 681. The van der Waals surface area contributed by atoms with E-state index in [1.165, 1.54) is 6.20 Å². The van der Waals surface area contributed by atoms with Crippen LogP contribution in [0.3, 0.4) is 0 Å². The number of aliphatic hydroxyl groups is 1. The molecule has 2 N–H and O–H groups in total. The highest BCUT2D eigenvalue weighted by atomic mass is 35.5. The third-order valence-electron chi connectivity index (χ3n) is 4.10. The number of nitrogens with zero attached hydrogens (tertiary/aromatic N) is 1. The number of benzene rings is 1. The average molecular weight is 305 g/mol. The van der Waals surface area contributed by atoms with Gasteiger partial charge in [0.25, 0.3) is 5.91 Å². The van der Waals surface area contributed by atoms with Crippen molar-refractivity contribution in [1.29, 1.82) is 0 Å². The van der Waals surface area contributed by atoms with Crippen molar-refractivity contribution in [2.75, 3.05) is 6.54 Å². The number of hydrogen-bond acceptors (Lipinski definition) is 3. The molecule has 0 bridgehead atoms. The Kier molecular flexibility index (Phi) is 3.83. The van der Waals surface area contributed by atoms with E-state index in [1.807, 2.05) is 24.3 Å². The van der Waals surface area contributed by atoms with Gasteiger partial charge in [-0.1, -0.05) is 48.7 Å². The van der Waals surface area contributed by atoms with Gasteiger partial charge < -0.3 is 10.4 Å². The van der Waals surface area contributed by atoms with Crippen molar-refractivity contribution in [3.8, 4) is 0 Å². The number of pyridine rings is 1. The zero-order valence-electron chi connectivity index (χ0n) is 11.6. The number of carbonyl (C=O) groups is 1. The molecule has 1 aromatic heterocycles. The third kappa shape index (κ3) is 2.87. The van der Waals surface area contributed by atoms with Crippen LogP contribution in [0.25, 0.3) is 10.8 Å². The Hall–Kier alpha value is -1.65. The molecular formula is C16H17ClN2O2. The summed E-state index contributed by atoms with van der Waals surface area (Å²) >= 11 is 6.05. The van der Waals surface area contributed by atoms with E-state index < -0.39 is 5.60 Å². The van der Waals surface area contributed by atoms with Gasteiger partial charge in [0.05, 0.1) is 11.2 Å². The van der Waals surface area contributed by atoms with E-state index in [4.69, 9.17) is 11.6 Å². The SMILES string of the molecule is O=C(NCC1(O)CCCC1)c1cnc(Cl)c2ccccc12. The fraction of sp³-hybridized carbons (Fsp3) is 0.375. The first kappa shape index (κ1) is 14.3. The molecule has 4 nitrogen and oxygen atoms in total. The van der Waals surface area contributed by atoms with Gasteiger partial charge in [-0.3, -0.25) is 4.79 Å². The van der Waals surface area contributed by atoms with Crippen molar-refractivity contribution in [2.45, 2.75) is 31.3 Å². The van der Waals surface area contributed by atoms with Crippen molar-refractivity contribution in [1.82, 2.24) is 10.3 Å². The van der Waals surface area contributed by atoms with Crippen LogP contribution in [0.2, 0.25) is 5.15 Å². The first-order valence-corrected chi connectivity index (χ1v) is 7.51. The van der Waals surface area contributed by atoms with Gasteiger partial charge in [0.1, 0.15) is 5.15 Å². The Balaban J connectivity index is 1.83. The Morgan fingerprint density at radius 2 is 1.95 bits per heavy atom. The maximum atomic E-state index is 12.4. The highest BCUT2D eigenvalue weighted by Gasteiger charge is 2.31. The number of fused-ring (bicyclic) bond motifs is 1. The summed E-state index contributed by atoms with van der Waals surface area (Å²) in [6.07, 6.45) is 4.99. The molecule has 3 rings (SSSR count). The molecule has 0 spiro atoms. The molecule has 1 aliphatic rings. The lowest BCUT2D eigenvalue weighted by atomic mass is 10.0. The lowest BCUT2D eigenvalue weighted by molar-refractivity contribution is 0.0450. The summed E-state index contributed by atoms with van der Waals surface area (Å²) in [7, 11) is 0. The van der Waals surface area contributed by atoms with Crippen LogP contribution in [0.15, 0.2) is 30.5 Å². The van der Waals surface area contributed by atoms with Gasteiger partial charge >= 0.3 is 0 Å². The van der Waals surface area contributed by atoms with E-state index >= 15 is 0 Å². The summed E-state index contributed by atoms with van der Waals surface area (Å²) in [5.74, 6) is -0.226. The van der Waals surface area contributed by atoms with Gasteiger partial charge in [0.2, 0.25) is 0 Å². The summed E-state index contributed by atoms with van der Waals surface area (Å²) in [5.41, 5.74) is -0.276. The molecule has 0 atom stereocenters. The van der Waals surface area contributed by atoms with Crippen LogP contribution in [0.1, 0.15) is 36.0 Å². The highest BCUT2D eigenvalue weighted by Crippen LogP contribution is 2.29. The minimum absolute atomic E-state index is 0.226. The quantitative estimate of drug-likeness (QED) is 0.857. The van der Waals surface area contributed by atoms with Crippen LogP contribution in [-0.2, 0) is 0 Å². The van der Waals surface area contributed by atoms with E-state index in [9.17, 15) is 9.90 Å². The maximum absolute atomic E-state index is 12.4. The lowest BCUT2D eigenvalue weighted by Crippen LogP contribution is -2.40. The van der Waals surface area contributed by atoms with Crippen LogP contribution in [-0.4, -0.2) is 28.1 Å². The predicted octanol–water partition coefficient (Wildman–Crippen LogP) is 2.92. The molecule has 21 heavy (non-hydrogen) atoms. The maximum Gasteiger partial charge on any atom is 0.253 e. The highest BCUT2D eigenvalue weighted by molar-refractivity contribution is 6.34. The van der Waals surface area contributed by atoms with E-state index in [0.717, 1.165) is 36.5 Å². The molecular weight excluding hydrogens is 288 g/mol. The zero-order valence-corrected chi connectivity index (χ0v) is 12.4. The Labute approximate surface area is 128 Å². The smallest absolute Gasteiger partial charge is 0.253 e. The fourth-order valence-electron chi connectivity index (χ4n) is 2.89. The summed E-state index contributed by atoms with van der Waals surface area (Å²) in [5, 5.41) is 15.0. The van der Waals surface area contributed by atoms with Gasteiger partial charge in [0, 0.05) is 18.1 Å². The molecule has 110 valence electrons. The van der Waals surface area contributed by atoms with Crippen molar-refractivity contribution in [3.63, 3.8) is 0 Å². The van der Waals surface area contributed by atoms with Crippen LogP contribution >= 0.6 is 11.6 Å². The second kappa shape index (κ2) is 5.62. The molecule has 0 radical (unpaired) electrons. The molecule has 0 unspecified atom stereocenters. The minimum Gasteiger partial charge on any atom is -0.388 e. The van der Waals surface area contributed by atoms with Crippen LogP contribution < -0.4 is 5.32 Å². The third-order valence-corrected chi connectivity index (χ3v) is 4.40. The zero-order chi connectivity index (χ0) is 14.9. The van der Waals surface area contributed by atoms with Crippen LogP contribution in [0.4, 0.5) is 0 Å². The minimum atomic E-state index is -0.759. The van der Waals surface area contributed by atoms with Crippen molar-refractivity contribution in [2.24, 2.45) is 0 Å². The van der Waals surface area contributed by atoms with E-state index in [-0.39, 0.29) is 12.5 Å². The summed E-state index contributed by atoms with van der Waals surface area (Å²) in [6, 6.07) is 7.41. The average Bonchev–Trinajstić information content (AvgIpc) is 2.93. The van der Waals surface area contributed by atoms with Crippen molar-refractivity contribution in [3.05, 3.63) is 41.2 Å². The normalized spacial score (nSPS) is 17.0. The first-order chi connectivity index (χ1) is 10.1. The van der Waals surface area contributed by atoms with Gasteiger partial charge in [-0.25, -0.2) is 4.98 Å². The number of halogens is 1. The van der Waals surface area contributed by atoms with Gasteiger partial charge in [-0.05, 0) is 18.2 Å². The van der Waals surface area contributed by atoms with Gasteiger partial charge in [-0.2, -0.15) is 0 Å². The van der Waals surface area contributed by atoms with Gasteiger partial charge in [-0.15, -0.1) is 0 Å². The summed E-state index contributed by atoms with van der Waals surface area (Å²) < 4.78 is 0. The Morgan fingerprint density at radius 1 is 1.29 bits per heavy atom. The second-order valence-corrected chi connectivity index (χ2v) is 5.98. The number of carbonyl (C=O) groups excluding carboxylic acids is 1. The molecule has 1 aliphatic carbocycles. The molecule has 0 aliphatic heterocycles. The fourth-order valence-corrected chi connectivity index (χ4v) is 3.10.